The van der Waals surface area contributed by atoms with Gasteiger partial charge >= 0.3 is 0 Å². The number of hydrogen-bond donors (Lipinski definition) is 1. The Hall–Kier alpha value is -1.77. The summed E-state index contributed by atoms with van der Waals surface area (Å²) in [6, 6.07) is 6.67. The molecule has 1 unspecified atom stereocenters. The minimum absolute atomic E-state index is 0.00527. The standard InChI is InChI=1S/C17H23N3O4S/c1-18-12-13-6-4-10-20(13)25(23,24)11-5-9-19-16(21)14-7-2-3-8-15(14)17(19)22/h2-3,7-8,13,18H,4-6,9-12H2,1H3. The van der Waals surface area contributed by atoms with Gasteiger partial charge in [0.15, 0.2) is 0 Å². The third-order valence-electron chi connectivity index (χ3n) is 4.78. The number of fused-ring (bicyclic) bond motifs is 1. The molecule has 2 heterocycles. The molecule has 25 heavy (non-hydrogen) atoms. The lowest BCUT2D eigenvalue weighted by molar-refractivity contribution is 0.0654. The van der Waals surface area contributed by atoms with E-state index in [1.807, 2.05) is 7.05 Å². The van der Waals surface area contributed by atoms with Gasteiger partial charge in [-0.2, -0.15) is 4.31 Å². The molecule has 1 aromatic carbocycles. The predicted molar refractivity (Wildman–Crippen MR) is 93.9 cm³/mol. The molecule has 0 spiro atoms. The smallest absolute Gasteiger partial charge is 0.261 e. The van der Waals surface area contributed by atoms with Gasteiger partial charge in [0, 0.05) is 25.7 Å². The maximum Gasteiger partial charge on any atom is 0.261 e. The number of amides is 2. The summed E-state index contributed by atoms with van der Waals surface area (Å²) in [6.07, 6.45) is 1.97. The summed E-state index contributed by atoms with van der Waals surface area (Å²) >= 11 is 0. The summed E-state index contributed by atoms with van der Waals surface area (Å²) in [5.41, 5.74) is 0.785. The molecule has 1 saturated heterocycles. The maximum atomic E-state index is 12.6. The Balaban J connectivity index is 1.60. The zero-order valence-electron chi connectivity index (χ0n) is 14.3. The van der Waals surface area contributed by atoms with Crippen LogP contribution >= 0.6 is 0 Å². The Kier molecular flexibility index (Phi) is 5.21. The molecule has 136 valence electrons. The summed E-state index contributed by atoms with van der Waals surface area (Å²) in [4.78, 5) is 25.7. The lowest BCUT2D eigenvalue weighted by atomic mass is 10.1. The van der Waals surface area contributed by atoms with E-state index in [-0.39, 0.29) is 36.6 Å². The third-order valence-corrected chi connectivity index (χ3v) is 6.78. The summed E-state index contributed by atoms with van der Waals surface area (Å²) in [5.74, 6) is -0.736. The van der Waals surface area contributed by atoms with Crippen molar-refractivity contribution in [1.29, 1.82) is 0 Å². The van der Waals surface area contributed by atoms with Crippen LogP contribution in [0.15, 0.2) is 24.3 Å². The zero-order chi connectivity index (χ0) is 18.0. The van der Waals surface area contributed by atoms with Crippen LogP contribution in [0.25, 0.3) is 0 Å². The van der Waals surface area contributed by atoms with E-state index >= 15 is 0 Å². The highest BCUT2D eigenvalue weighted by molar-refractivity contribution is 7.89. The van der Waals surface area contributed by atoms with Crippen LogP contribution in [-0.2, 0) is 10.0 Å². The van der Waals surface area contributed by atoms with Gasteiger partial charge in [0.05, 0.1) is 16.9 Å². The second kappa shape index (κ2) is 7.23. The van der Waals surface area contributed by atoms with Crippen molar-refractivity contribution in [2.45, 2.75) is 25.3 Å². The van der Waals surface area contributed by atoms with Crippen LogP contribution in [0.3, 0.4) is 0 Å². The monoisotopic (exact) mass is 365 g/mol. The summed E-state index contributed by atoms with van der Waals surface area (Å²) in [6.45, 7) is 1.30. The minimum atomic E-state index is -3.38. The van der Waals surface area contributed by atoms with E-state index in [0.717, 1.165) is 17.7 Å². The first-order valence-electron chi connectivity index (χ1n) is 8.55. The highest BCUT2D eigenvalue weighted by Crippen LogP contribution is 2.24. The molecule has 7 nitrogen and oxygen atoms in total. The highest BCUT2D eigenvalue weighted by Gasteiger charge is 2.36. The van der Waals surface area contributed by atoms with Crippen LogP contribution in [0.1, 0.15) is 40.0 Å². The Morgan fingerprint density at radius 1 is 1.16 bits per heavy atom. The highest BCUT2D eigenvalue weighted by atomic mass is 32.2. The average Bonchev–Trinajstić information content (AvgIpc) is 3.15. The minimum Gasteiger partial charge on any atom is -0.318 e. The van der Waals surface area contributed by atoms with Crippen LogP contribution in [0, 0.1) is 0 Å². The third kappa shape index (κ3) is 3.47. The molecule has 0 radical (unpaired) electrons. The van der Waals surface area contributed by atoms with Crippen molar-refractivity contribution < 1.29 is 18.0 Å². The van der Waals surface area contributed by atoms with Crippen molar-refractivity contribution in [1.82, 2.24) is 14.5 Å². The number of carbonyl (C=O) groups is 2. The number of hydrogen-bond acceptors (Lipinski definition) is 5. The molecule has 1 N–H and O–H groups in total. The van der Waals surface area contributed by atoms with Gasteiger partial charge in [-0.1, -0.05) is 12.1 Å². The van der Waals surface area contributed by atoms with Crippen LogP contribution < -0.4 is 5.32 Å². The molecule has 2 aliphatic heterocycles. The Morgan fingerprint density at radius 2 is 1.80 bits per heavy atom. The molecule has 3 rings (SSSR count). The maximum absolute atomic E-state index is 12.6. The van der Waals surface area contributed by atoms with Crippen LogP contribution in [0.2, 0.25) is 0 Å². The van der Waals surface area contributed by atoms with Gasteiger partial charge in [-0.05, 0) is 38.4 Å². The lowest BCUT2D eigenvalue weighted by Gasteiger charge is -2.24. The molecule has 0 bridgehead atoms. The molecule has 1 aromatic rings. The molecule has 0 aliphatic carbocycles. The van der Waals surface area contributed by atoms with Crippen LogP contribution in [-0.4, -0.2) is 67.9 Å². The van der Waals surface area contributed by atoms with Gasteiger partial charge in [-0.3, -0.25) is 14.5 Å². The number of nitrogens with one attached hydrogen (secondary N) is 1. The fourth-order valence-corrected chi connectivity index (χ4v) is 5.35. The average molecular weight is 365 g/mol. The summed E-state index contributed by atoms with van der Waals surface area (Å²) in [7, 11) is -1.57. The topological polar surface area (TPSA) is 86.8 Å². The first-order valence-corrected chi connectivity index (χ1v) is 10.2. The first kappa shape index (κ1) is 18.0. The van der Waals surface area contributed by atoms with E-state index < -0.39 is 10.0 Å². The fourth-order valence-electron chi connectivity index (χ4n) is 3.58. The van der Waals surface area contributed by atoms with Crippen molar-refractivity contribution >= 4 is 21.8 Å². The van der Waals surface area contributed by atoms with Crippen molar-refractivity contribution in [3.8, 4) is 0 Å². The van der Waals surface area contributed by atoms with Crippen LogP contribution in [0.4, 0.5) is 0 Å². The normalized spacial score (nSPS) is 21.2. The quantitative estimate of drug-likeness (QED) is 0.719. The van der Waals surface area contributed by atoms with Crippen molar-refractivity contribution in [3.63, 3.8) is 0 Å². The number of benzene rings is 1. The molecule has 1 atom stereocenters. The number of nitrogens with zero attached hydrogens (tertiary/aromatic N) is 2. The Labute approximate surface area is 148 Å². The Morgan fingerprint density at radius 3 is 2.40 bits per heavy atom. The van der Waals surface area contributed by atoms with Crippen molar-refractivity contribution in [2.24, 2.45) is 0 Å². The first-order chi connectivity index (χ1) is 12.0. The number of sulfonamides is 1. The molecule has 2 amide bonds. The van der Waals surface area contributed by atoms with Gasteiger partial charge < -0.3 is 5.32 Å². The van der Waals surface area contributed by atoms with Crippen molar-refractivity contribution in [2.75, 3.05) is 32.4 Å². The van der Waals surface area contributed by atoms with E-state index in [4.69, 9.17) is 0 Å². The molecular formula is C17H23N3O4S. The van der Waals surface area contributed by atoms with E-state index in [1.165, 1.54) is 0 Å². The van der Waals surface area contributed by atoms with Gasteiger partial charge in [-0.25, -0.2) is 8.42 Å². The Bertz CT molecular complexity index is 743. The van der Waals surface area contributed by atoms with Gasteiger partial charge in [0.1, 0.15) is 0 Å². The van der Waals surface area contributed by atoms with E-state index in [9.17, 15) is 18.0 Å². The molecular weight excluding hydrogens is 342 g/mol. The molecule has 0 aromatic heterocycles. The van der Waals surface area contributed by atoms with Gasteiger partial charge in [0.2, 0.25) is 10.0 Å². The van der Waals surface area contributed by atoms with Gasteiger partial charge in [0.25, 0.3) is 11.8 Å². The van der Waals surface area contributed by atoms with Crippen molar-refractivity contribution in [3.05, 3.63) is 35.4 Å². The zero-order valence-corrected chi connectivity index (χ0v) is 15.1. The molecule has 1 fully saturated rings. The summed E-state index contributed by atoms with van der Waals surface area (Å²) < 4.78 is 26.7. The number of likely N-dealkylation sites (N-methyl/N-ethyl adjacent to an activating group) is 1. The van der Waals surface area contributed by atoms with E-state index in [1.54, 1.807) is 28.6 Å². The second-order valence-corrected chi connectivity index (χ2v) is 8.48. The second-order valence-electron chi connectivity index (χ2n) is 6.44. The number of rotatable bonds is 7. The van der Waals surface area contributed by atoms with E-state index in [2.05, 4.69) is 5.32 Å². The largest absolute Gasteiger partial charge is 0.318 e. The number of carbonyl (C=O) groups excluding carboxylic acids is 2. The molecule has 2 aliphatic rings. The van der Waals surface area contributed by atoms with E-state index in [0.29, 0.717) is 24.2 Å². The predicted octanol–water partition coefficient (Wildman–Crippen LogP) is 0.686. The molecule has 8 heteroatoms. The fraction of sp³-hybridized carbons (Fsp3) is 0.529. The molecule has 0 saturated carbocycles. The lowest BCUT2D eigenvalue weighted by Crippen LogP contribution is -2.42. The SMILES string of the molecule is CNCC1CCCN1S(=O)(=O)CCCN1C(=O)c2ccccc2C1=O. The summed E-state index contributed by atoms with van der Waals surface area (Å²) in [5, 5.41) is 3.03. The van der Waals surface area contributed by atoms with Gasteiger partial charge in [-0.15, -0.1) is 0 Å². The number of imide groups is 1. The van der Waals surface area contributed by atoms with Crippen LogP contribution in [0.5, 0.6) is 0 Å².